The maximum atomic E-state index is 9.42. The molecular weight excluding hydrogens is 300 g/mol. The lowest BCUT2D eigenvalue weighted by molar-refractivity contribution is -0.296. The maximum absolute atomic E-state index is 9.42. The van der Waals surface area contributed by atoms with Gasteiger partial charge in [0.1, 0.15) is 11.9 Å². The van der Waals surface area contributed by atoms with Crippen molar-refractivity contribution in [1.82, 2.24) is 0 Å². The van der Waals surface area contributed by atoms with Gasteiger partial charge in [-0.3, -0.25) is 5.26 Å². The van der Waals surface area contributed by atoms with Gasteiger partial charge >= 0.3 is 0 Å². The van der Waals surface area contributed by atoms with Gasteiger partial charge in [0, 0.05) is 0 Å². The fraction of sp³-hybridized carbons (Fsp3) is 0.714. The van der Waals surface area contributed by atoms with Crippen LogP contribution in [0.4, 0.5) is 0 Å². The second-order valence-corrected chi connectivity index (χ2v) is 8.11. The molecule has 1 N–H and O–H groups in total. The molecule has 134 valence electrons. The summed E-state index contributed by atoms with van der Waals surface area (Å²) in [6.45, 7) is 4.63. The highest BCUT2D eigenvalue weighted by Crippen LogP contribution is 2.39. The molecule has 1 unspecified atom stereocenters. The van der Waals surface area contributed by atoms with E-state index < -0.39 is 0 Å². The van der Waals surface area contributed by atoms with Crippen molar-refractivity contribution in [3.05, 3.63) is 29.8 Å². The third-order valence-electron chi connectivity index (χ3n) is 6.08. The van der Waals surface area contributed by atoms with E-state index >= 15 is 0 Å². The Morgan fingerprint density at radius 3 is 1.92 bits per heavy atom. The van der Waals surface area contributed by atoms with Crippen LogP contribution in [0.5, 0.6) is 5.75 Å². The average molecular weight is 332 g/mol. The summed E-state index contributed by atoms with van der Waals surface area (Å²) in [7, 11) is 0. The molecule has 2 aliphatic rings. The molecular formula is C21H32O3. The molecule has 0 aliphatic heterocycles. The molecule has 2 fully saturated rings. The predicted octanol–water partition coefficient (Wildman–Crippen LogP) is 6.00. The summed E-state index contributed by atoms with van der Waals surface area (Å²) in [5, 5.41) is 9.42. The quantitative estimate of drug-likeness (QED) is 0.531. The van der Waals surface area contributed by atoms with E-state index in [1.807, 2.05) is 12.1 Å². The van der Waals surface area contributed by atoms with E-state index in [2.05, 4.69) is 26.0 Å². The van der Waals surface area contributed by atoms with Crippen molar-refractivity contribution in [2.45, 2.75) is 77.4 Å². The molecule has 1 aromatic rings. The van der Waals surface area contributed by atoms with Crippen LogP contribution in [-0.4, -0.2) is 11.4 Å². The van der Waals surface area contributed by atoms with Crippen molar-refractivity contribution in [2.24, 2.45) is 17.8 Å². The van der Waals surface area contributed by atoms with Crippen LogP contribution >= 0.6 is 0 Å². The summed E-state index contributed by atoms with van der Waals surface area (Å²) < 4.78 is 6.13. The molecule has 2 saturated carbocycles. The van der Waals surface area contributed by atoms with Gasteiger partial charge in [-0.25, -0.2) is 4.89 Å². The van der Waals surface area contributed by atoms with Gasteiger partial charge in [0.05, 0.1) is 6.10 Å². The van der Waals surface area contributed by atoms with Gasteiger partial charge in [-0.1, -0.05) is 38.8 Å². The number of rotatable bonds is 5. The van der Waals surface area contributed by atoms with Crippen LogP contribution in [-0.2, 0) is 4.89 Å². The van der Waals surface area contributed by atoms with Gasteiger partial charge in [0.2, 0.25) is 0 Å². The van der Waals surface area contributed by atoms with Crippen molar-refractivity contribution in [1.29, 1.82) is 0 Å². The fourth-order valence-corrected chi connectivity index (χ4v) is 4.28. The maximum Gasteiger partial charge on any atom is 0.120 e. The van der Waals surface area contributed by atoms with Crippen LogP contribution in [0.2, 0.25) is 0 Å². The number of ether oxygens (including phenoxy) is 1. The molecule has 3 nitrogen and oxygen atoms in total. The molecule has 0 bridgehead atoms. The Balaban J connectivity index is 1.58. The lowest BCUT2D eigenvalue weighted by Gasteiger charge is -2.31. The third kappa shape index (κ3) is 4.52. The molecule has 2 aliphatic carbocycles. The topological polar surface area (TPSA) is 38.7 Å². The van der Waals surface area contributed by atoms with E-state index in [4.69, 9.17) is 9.62 Å². The van der Waals surface area contributed by atoms with E-state index in [9.17, 15) is 5.26 Å². The minimum absolute atomic E-state index is 0.206. The molecule has 0 radical (unpaired) electrons. The van der Waals surface area contributed by atoms with Crippen LogP contribution in [0.3, 0.4) is 0 Å². The SMILES string of the molecule is CC1CCC(Oc2ccc(C(OO)C3CCC(C)CC3)cc2)CC1. The Morgan fingerprint density at radius 2 is 1.38 bits per heavy atom. The lowest BCUT2D eigenvalue weighted by atomic mass is 9.78. The van der Waals surface area contributed by atoms with E-state index in [0.717, 1.165) is 48.8 Å². The van der Waals surface area contributed by atoms with Gasteiger partial charge in [0.25, 0.3) is 0 Å². The lowest BCUT2D eigenvalue weighted by Crippen LogP contribution is -2.23. The van der Waals surface area contributed by atoms with Gasteiger partial charge in [-0.05, 0) is 74.0 Å². The van der Waals surface area contributed by atoms with Gasteiger partial charge < -0.3 is 4.74 Å². The van der Waals surface area contributed by atoms with Crippen molar-refractivity contribution < 1.29 is 14.9 Å². The van der Waals surface area contributed by atoms with Gasteiger partial charge in [-0.2, -0.15) is 0 Å². The zero-order valence-corrected chi connectivity index (χ0v) is 15.1. The summed E-state index contributed by atoms with van der Waals surface area (Å²) in [6.07, 6.45) is 9.72. The molecule has 0 spiro atoms. The highest BCUT2D eigenvalue weighted by molar-refractivity contribution is 5.29. The minimum Gasteiger partial charge on any atom is -0.490 e. The smallest absolute Gasteiger partial charge is 0.120 e. The van der Waals surface area contributed by atoms with Crippen LogP contribution in [0.1, 0.15) is 76.9 Å². The molecule has 1 aromatic carbocycles. The molecule has 0 aromatic heterocycles. The van der Waals surface area contributed by atoms with E-state index in [1.165, 1.54) is 25.7 Å². The summed E-state index contributed by atoms with van der Waals surface area (Å²) in [5.41, 5.74) is 1.06. The average Bonchev–Trinajstić information content (AvgIpc) is 2.61. The summed E-state index contributed by atoms with van der Waals surface area (Å²) in [4.78, 5) is 4.87. The van der Waals surface area contributed by atoms with E-state index in [-0.39, 0.29) is 6.10 Å². The van der Waals surface area contributed by atoms with E-state index in [0.29, 0.717) is 12.0 Å². The minimum atomic E-state index is -0.206. The second-order valence-electron chi connectivity index (χ2n) is 8.11. The third-order valence-corrected chi connectivity index (χ3v) is 6.08. The monoisotopic (exact) mass is 332 g/mol. The van der Waals surface area contributed by atoms with Gasteiger partial charge in [-0.15, -0.1) is 0 Å². The zero-order chi connectivity index (χ0) is 16.9. The Bertz CT molecular complexity index is 482. The largest absolute Gasteiger partial charge is 0.490 e. The van der Waals surface area contributed by atoms with Crippen LogP contribution in [0, 0.1) is 17.8 Å². The van der Waals surface area contributed by atoms with Crippen LogP contribution < -0.4 is 4.74 Å². The Labute approximate surface area is 146 Å². The van der Waals surface area contributed by atoms with Crippen LogP contribution in [0.15, 0.2) is 24.3 Å². The molecule has 3 rings (SSSR count). The summed E-state index contributed by atoms with van der Waals surface area (Å²) in [5.74, 6) is 2.99. The molecule has 0 heterocycles. The summed E-state index contributed by atoms with van der Waals surface area (Å²) >= 11 is 0. The zero-order valence-electron chi connectivity index (χ0n) is 15.1. The van der Waals surface area contributed by atoms with Crippen molar-refractivity contribution in [3.8, 4) is 5.75 Å². The molecule has 0 amide bonds. The Morgan fingerprint density at radius 1 is 0.833 bits per heavy atom. The van der Waals surface area contributed by atoms with Crippen LogP contribution in [0.25, 0.3) is 0 Å². The first-order valence-corrected chi connectivity index (χ1v) is 9.72. The number of benzene rings is 1. The van der Waals surface area contributed by atoms with Crippen molar-refractivity contribution >= 4 is 0 Å². The molecule has 1 atom stereocenters. The highest BCUT2D eigenvalue weighted by atomic mass is 17.1. The van der Waals surface area contributed by atoms with Crippen molar-refractivity contribution in [3.63, 3.8) is 0 Å². The molecule has 3 heteroatoms. The number of hydrogen-bond acceptors (Lipinski definition) is 3. The molecule has 0 saturated heterocycles. The molecule has 24 heavy (non-hydrogen) atoms. The first-order chi connectivity index (χ1) is 11.7. The van der Waals surface area contributed by atoms with Crippen molar-refractivity contribution in [2.75, 3.05) is 0 Å². The standard InChI is InChI=1S/C21H32O3/c1-15-3-7-17(8-4-15)21(24-22)18-9-13-20(14-10-18)23-19-11-5-16(2)6-12-19/h9-10,13-17,19,21-22H,3-8,11-12H2,1-2H3. The second kappa shape index (κ2) is 8.35. The highest BCUT2D eigenvalue weighted by Gasteiger charge is 2.28. The fourth-order valence-electron chi connectivity index (χ4n) is 4.28. The van der Waals surface area contributed by atoms with Gasteiger partial charge in [0.15, 0.2) is 0 Å². The summed E-state index contributed by atoms with van der Waals surface area (Å²) in [6, 6.07) is 8.18. The predicted molar refractivity (Wildman–Crippen MR) is 96.1 cm³/mol. The first kappa shape index (κ1) is 17.8. The normalized spacial score (nSPS) is 32.3. The Kier molecular flexibility index (Phi) is 6.18. The van der Waals surface area contributed by atoms with E-state index in [1.54, 1.807) is 0 Å². The Hall–Kier alpha value is -1.06. The first-order valence-electron chi connectivity index (χ1n) is 9.72. The number of hydrogen-bond donors (Lipinski definition) is 1.